The summed E-state index contributed by atoms with van der Waals surface area (Å²) in [6, 6.07) is 9.28. The zero-order valence-corrected chi connectivity index (χ0v) is 11.5. The van der Waals surface area contributed by atoms with Crippen LogP contribution in [0.3, 0.4) is 0 Å². The molecule has 0 saturated heterocycles. The molecule has 0 radical (unpaired) electrons. The number of nitrogens with two attached hydrogens (primary N) is 1. The van der Waals surface area contributed by atoms with Crippen LogP contribution in [0.2, 0.25) is 5.02 Å². The maximum Gasteiger partial charge on any atom is 0.155 e. The van der Waals surface area contributed by atoms with Crippen LogP contribution in [0.15, 0.2) is 42.7 Å². The lowest BCUT2D eigenvalue weighted by Gasteiger charge is -2.08. The summed E-state index contributed by atoms with van der Waals surface area (Å²) in [7, 11) is 0. The molecule has 5 nitrogen and oxygen atoms in total. The van der Waals surface area contributed by atoms with Gasteiger partial charge in [0, 0.05) is 23.0 Å². The van der Waals surface area contributed by atoms with E-state index in [0.29, 0.717) is 16.5 Å². The molecule has 3 aromatic rings. The van der Waals surface area contributed by atoms with Gasteiger partial charge in [-0.1, -0.05) is 22.9 Å². The quantitative estimate of drug-likeness (QED) is 0.786. The van der Waals surface area contributed by atoms with Gasteiger partial charge in [-0.25, -0.2) is 0 Å². The topological polar surface area (TPSA) is 69.6 Å². The number of nitrogens with zero attached hydrogens (tertiary/aromatic N) is 4. The second-order valence-corrected chi connectivity index (χ2v) is 4.76. The Morgan fingerprint density at radius 3 is 2.65 bits per heavy atom. The minimum atomic E-state index is 0.474. The van der Waals surface area contributed by atoms with E-state index in [9.17, 15) is 0 Å². The Hall–Kier alpha value is -2.40. The van der Waals surface area contributed by atoms with Crippen molar-refractivity contribution in [3.63, 3.8) is 0 Å². The van der Waals surface area contributed by atoms with Gasteiger partial charge in [0.2, 0.25) is 0 Å². The molecule has 1 aromatic carbocycles. The lowest BCUT2D eigenvalue weighted by Crippen LogP contribution is -2.04. The predicted octanol–water partition coefficient (Wildman–Crippen LogP) is 2.87. The summed E-state index contributed by atoms with van der Waals surface area (Å²) in [4.78, 5) is 3.98. The molecule has 0 atom stereocenters. The first-order valence-corrected chi connectivity index (χ1v) is 6.43. The van der Waals surface area contributed by atoms with Crippen molar-refractivity contribution in [2.45, 2.75) is 6.92 Å². The predicted molar refractivity (Wildman–Crippen MR) is 78.7 cm³/mol. The Morgan fingerprint density at radius 2 is 1.90 bits per heavy atom. The van der Waals surface area contributed by atoms with Crippen molar-refractivity contribution in [2.75, 3.05) is 5.73 Å². The first kappa shape index (κ1) is 12.6. The van der Waals surface area contributed by atoms with E-state index in [1.807, 2.05) is 37.3 Å². The molecule has 0 unspecified atom stereocenters. The maximum absolute atomic E-state index is 6.16. The highest BCUT2D eigenvalue weighted by atomic mass is 35.5. The molecular weight excluding hydrogens is 274 g/mol. The first-order valence-electron chi connectivity index (χ1n) is 6.05. The van der Waals surface area contributed by atoms with Crippen LogP contribution < -0.4 is 5.73 Å². The fourth-order valence-electron chi connectivity index (χ4n) is 2.01. The first-order chi connectivity index (χ1) is 9.68. The van der Waals surface area contributed by atoms with E-state index in [4.69, 9.17) is 17.3 Å². The summed E-state index contributed by atoms with van der Waals surface area (Å²) in [6.07, 6.45) is 3.39. The Bertz CT molecular complexity index is 752. The molecular formula is C14H12ClN5. The van der Waals surface area contributed by atoms with Gasteiger partial charge in [-0.05, 0) is 36.8 Å². The number of nitrogen functional groups attached to an aromatic ring is 1. The van der Waals surface area contributed by atoms with Gasteiger partial charge >= 0.3 is 0 Å². The molecule has 20 heavy (non-hydrogen) atoms. The number of halogens is 1. The molecule has 0 spiro atoms. The normalized spacial score (nSPS) is 10.7. The number of hydrogen-bond donors (Lipinski definition) is 1. The van der Waals surface area contributed by atoms with Crippen molar-refractivity contribution in [1.82, 2.24) is 20.0 Å². The molecule has 0 saturated carbocycles. The van der Waals surface area contributed by atoms with Gasteiger partial charge in [0.05, 0.1) is 5.69 Å². The van der Waals surface area contributed by atoms with Crippen LogP contribution in [-0.4, -0.2) is 20.0 Å². The van der Waals surface area contributed by atoms with Gasteiger partial charge < -0.3 is 5.73 Å². The third kappa shape index (κ3) is 2.02. The summed E-state index contributed by atoms with van der Waals surface area (Å²) in [5.41, 5.74) is 9.40. The summed E-state index contributed by atoms with van der Waals surface area (Å²) >= 11 is 6.13. The summed E-state index contributed by atoms with van der Waals surface area (Å²) in [6.45, 7) is 1.92. The molecule has 0 aliphatic rings. The molecule has 2 N–H and O–H groups in total. The second-order valence-electron chi connectivity index (χ2n) is 4.35. The highest BCUT2D eigenvalue weighted by molar-refractivity contribution is 6.31. The molecule has 0 aliphatic carbocycles. The standard InChI is InChI=1S/C14H12ClN5/c1-9-11(15)3-2-4-12(9)20-14(16)13(18-19-20)10-5-7-17-8-6-10/h2-8H,16H2,1H3. The van der Waals surface area contributed by atoms with Gasteiger partial charge in [-0.15, -0.1) is 5.10 Å². The van der Waals surface area contributed by atoms with Crippen molar-refractivity contribution in [2.24, 2.45) is 0 Å². The largest absolute Gasteiger partial charge is 0.382 e. The highest BCUT2D eigenvalue weighted by Gasteiger charge is 2.14. The van der Waals surface area contributed by atoms with E-state index in [-0.39, 0.29) is 0 Å². The van der Waals surface area contributed by atoms with E-state index in [0.717, 1.165) is 16.8 Å². The SMILES string of the molecule is Cc1c(Cl)cccc1-n1nnc(-c2ccncc2)c1N. The van der Waals surface area contributed by atoms with Crippen LogP contribution in [0.25, 0.3) is 16.9 Å². The molecule has 6 heteroatoms. The Labute approximate surface area is 121 Å². The van der Waals surface area contributed by atoms with Crippen molar-refractivity contribution in [3.8, 4) is 16.9 Å². The molecule has 100 valence electrons. The minimum Gasteiger partial charge on any atom is -0.382 e. The lowest BCUT2D eigenvalue weighted by atomic mass is 10.2. The average molecular weight is 286 g/mol. The number of aromatic nitrogens is 4. The number of benzene rings is 1. The van der Waals surface area contributed by atoms with E-state index < -0.39 is 0 Å². The van der Waals surface area contributed by atoms with Gasteiger partial charge in [0.1, 0.15) is 5.69 Å². The summed E-state index contributed by atoms with van der Waals surface area (Å²) in [5, 5.41) is 8.95. The molecule has 3 rings (SSSR count). The minimum absolute atomic E-state index is 0.474. The third-order valence-corrected chi connectivity index (χ3v) is 3.54. The van der Waals surface area contributed by atoms with E-state index >= 15 is 0 Å². The molecule has 2 heterocycles. The number of rotatable bonds is 2. The van der Waals surface area contributed by atoms with Gasteiger partial charge in [-0.2, -0.15) is 4.68 Å². The zero-order valence-electron chi connectivity index (χ0n) is 10.8. The van der Waals surface area contributed by atoms with Crippen LogP contribution in [0.1, 0.15) is 5.56 Å². The van der Waals surface area contributed by atoms with E-state index in [1.54, 1.807) is 17.1 Å². The molecule has 0 bridgehead atoms. The number of hydrogen-bond acceptors (Lipinski definition) is 4. The molecule has 2 aromatic heterocycles. The molecule has 0 fully saturated rings. The Kier molecular flexibility index (Phi) is 3.12. The monoisotopic (exact) mass is 285 g/mol. The third-order valence-electron chi connectivity index (χ3n) is 3.13. The molecule has 0 aliphatic heterocycles. The van der Waals surface area contributed by atoms with Crippen LogP contribution in [0, 0.1) is 6.92 Å². The van der Waals surface area contributed by atoms with Crippen molar-refractivity contribution >= 4 is 17.4 Å². The Balaban J connectivity index is 2.14. The van der Waals surface area contributed by atoms with Crippen LogP contribution in [0.5, 0.6) is 0 Å². The van der Waals surface area contributed by atoms with E-state index in [1.165, 1.54) is 0 Å². The highest BCUT2D eigenvalue weighted by Crippen LogP contribution is 2.28. The van der Waals surface area contributed by atoms with Crippen LogP contribution in [0.4, 0.5) is 5.82 Å². The van der Waals surface area contributed by atoms with Crippen molar-refractivity contribution in [1.29, 1.82) is 0 Å². The number of anilines is 1. The fraction of sp³-hybridized carbons (Fsp3) is 0.0714. The lowest BCUT2D eigenvalue weighted by molar-refractivity contribution is 0.806. The smallest absolute Gasteiger partial charge is 0.155 e. The van der Waals surface area contributed by atoms with E-state index in [2.05, 4.69) is 15.3 Å². The summed E-state index contributed by atoms with van der Waals surface area (Å²) < 4.78 is 1.59. The van der Waals surface area contributed by atoms with Gasteiger partial charge in [-0.3, -0.25) is 4.98 Å². The zero-order chi connectivity index (χ0) is 14.1. The second kappa shape index (κ2) is 4.94. The van der Waals surface area contributed by atoms with Crippen LogP contribution >= 0.6 is 11.6 Å². The van der Waals surface area contributed by atoms with Crippen molar-refractivity contribution in [3.05, 3.63) is 53.3 Å². The van der Waals surface area contributed by atoms with Crippen LogP contribution in [-0.2, 0) is 0 Å². The molecule has 0 amide bonds. The van der Waals surface area contributed by atoms with Gasteiger partial charge in [0.25, 0.3) is 0 Å². The summed E-state index contributed by atoms with van der Waals surface area (Å²) in [5.74, 6) is 0.474. The fourth-order valence-corrected chi connectivity index (χ4v) is 2.18. The maximum atomic E-state index is 6.16. The van der Waals surface area contributed by atoms with Gasteiger partial charge in [0.15, 0.2) is 5.82 Å². The Morgan fingerprint density at radius 1 is 1.15 bits per heavy atom. The number of pyridine rings is 1. The van der Waals surface area contributed by atoms with Crippen molar-refractivity contribution < 1.29 is 0 Å². The average Bonchev–Trinajstić information content (AvgIpc) is 2.85.